The smallest absolute Gasteiger partial charge is 0.127 e. The summed E-state index contributed by atoms with van der Waals surface area (Å²) >= 11 is 0. The van der Waals surface area contributed by atoms with Gasteiger partial charge in [-0.2, -0.15) is 5.26 Å². The molecule has 66 valence electrons. The van der Waals surface area contributed by atoms with Crippen LogP contribution in [0.2, 0.25) is 0 Å². The van der Waals surface area contributed by atoms with Crippen LogP contribution >= 0.6 is 0 Å². The quantitative estimate of drug-likeness (QED) is 0.643. The third-order valence-electron chi connectivity index (χ3n) is 2.10. The van der Waals surface area contributed by atoms with Crippen molar-refractivity contribution in [3.63, 3.8) is 0 Å². The lowest BCUT2D eigenvalue weighted by Crippen LogP contribution is -1.98. The zero-order chi connectivity index (χ0) is 9.84. The summed E-state index contributed by atoms with van der Waals surface area (Å²) in [6.07, 6.45) is 0.892. The van der Waals surface area contributed by atoms with Crippen LogP contribution < -0.4 is 0 Å². The Bertz CT molecular complexity index is 363. The van der Waals surface area contributed by atoms with E-state index in [1.54, 1.807) is 12.1 Å². The van der Waals surface area contributed by atoms with E-state index >= 15 is 0 Å². The van der Waals surface area contributed by atoms with Gasteiger partial charge < -0.3 is 4.79 Å². The Kier molecular flexibility index (Phi) is 2.81. The van der Waals surface area contributed by atoms with Crippen LogP contribution in [0.4, 0.5) is 0 Å². The molecular formula is C11H11NO. The molecule has 0 amide bonds. The highest BCUT2D eigenvalue weighted by Gasteiger charge is 2.07. The maximum atomic E-state index is 10.6. The van der Waals surface area contributed by atoms with Gasteiger partial charge in [-0.25, -0.2) is 0 Å². The average molecular weight is 173 g/mol. The van der Waals surface area contributed by atoms with Crippen molar-refractivity contribution in [2.45, 2.75) is 19.8 Å². The second kappa shape index (κ2) is 3.86. The minimum atomic E-state index is -0.131. The zero-order valence-corrected chi connectivity index (χ0v) is 7.74. The maximum absolute atomic E-state index is 10.6. The van der Waals surface area contributed by atoms with Gasteiger partial charge in [0.05, 0.1) is 11.6 Å². The number of aryl methyl sites for hydroxylation is 1. The van der Waals surface area contributed by atoms with E-state index in [1.807, 2.05) is 19.9 Å². The van der Waals surface area contributed by atoms with Crippen LogP contribution in [-0.2, 0) is 4.79 Å². The summed E-state index contributed by atoms with van der Waals surface area (Å²) < 4.78 is 0. The molecule has 0 saturated heterocycles. The Labute approximate surface area is 77.8 Å². The standard InChI is InChI=1S/C11H11NO/c1-8-3-4-10(6-12)5-11(8)9(2)7-13/h3-5,7,9H,1-2H3. The molecular weight excluding hydrogens is 162 g/mol. The van der Waals surface area contributed by atoms with Gasteiger partial charge in [0.25, 0.3) is 0 Å². The van der Waals surface area contributed by atoms with Crippen LogP contribution in [-0.4, -0.2) is 6.29 Å². The summed E-state index contributed by atoms with van der Waals surface area (Å²) in [6, 6.07) is 7.46. The molecule has 2 heteroatoms. The molecule has 0 aliphatic heterocycles. The van der Waals surface area contributed by atoms with E-state index in [0.717, 1.165) is 17.4 Å². The molecule has 0 radical (unpaired) electrons. The number of nitriles is 1. The zero-order valence-electron chi connectivity index (χ0n) is 7.74. The highest BCUT2D eigenvalue weighted by Crippen LogP contribution is 2.18. The Morgan fingerprint density at radius 3 is 2.77 bits per heavy atom. The molecule has 0 heterocycles. The first-order valence-corrected chi connectivity index (χ1v) is 4.15. The monoisotopic (exact) mass is 173 g/mol. The van der Waals surface area contributed by atoms with Gasteiger partial charge in [0, 0.05) is 5.92 Å². The van der Waals surface area contributed by atoms with Crippen molar-refractivity contribution < 1.29 is 4.79 Å². The number of benzene rings is 1. The lowest BCUT2D eigenvalue weighted by atomic mass is 9.96. The van der Waals surface area contributed by atoms with E-state index in [4.69, 9.17) is 5.26 Å². The van der Waals surface area contributed by atoms with Crippen LogP contribution in [0.3, 0.4) is 0 Å². The van der Waals surface area contributed by atoms with Gasteiger partial charge in [-0.3, -0.25) is 0 Å². The van der Waals surface area contributed by atoms with Crippen molar-refractivity contribution in [2.75, 3.05) is 0 Å². The number of carbonyl (C=O) groups is 1. The second-order valence-corrected chi connectivity index (χ2v) is 3.11. The largest absolute Gasteiger partial charge is 0.303 e. The Morgan fingerprint density at radius 1 is 1.54 bits per heavy atom. The maximum Gasteiger partial charge on any atom is 0.127 e. The molecule has 1 rings (SSSR count). The van der Waals surface area contributed by atoms with Crippen LogP contribution in [0, 0.1) is 18.3 Å². The van der Waals surface area contributed by atoms with Crippen LogP contribution in [0.15, 0.2) is 18.2 Å². The normalized spacial score (nSPS) is 11.8. The van der Waals surface area contributed by atoms with Crippen molar-refractivity contribution in [1.29, 1.82) is 5.26 Å². The summed E-state index contributed by atoms with van der Waals surface area (Å²) in [5.74, 6) is -0.131. The van der Waals surface area contributed by atoms with Gasteiger partial charge >= 0.3 is 0 Å². The Morgan fingerprint density at radius 2 is 2.23 bits per heavy atom. The minimum absolute atomic E-state index is 0.131. The molecule has 0 fully saturated rings. The van der Waals surface area contributed by atoms with Crippen molar-refractivity contribution in [3.8, 4) is 6.07 Å². The van der Waals surface area contributed by atoms with Crippen molar-refractivity contribution in [1.82, 2.24) is 0 Å². The minimum Gasteiger partial charge on any atom is -0.303 e. The molecule has 0 bridgehead atoms. The van der Waals surface area contributed by atoms with Gasteiger partial charge in [-0.1, -0.05) is 13.0 Å². The average Bonchev–Trinajstić information content (AvgIpc) is 2.17. The summed E-state index contributed by atoms with van der Waals surface area (Å²) in [6.45, 7) is 3.77. The molecule has 1 atom stereocenters. The van der Waals surface area contributed by atoms with Crippen molar-refractivity contribution in [2.24, 2.45) is 0 Å². The highest BCUT2D eigenvalue weighted by molar-refractivity contribution is 5.63. The van der Waals surface area contributed by atoms with E-state index in [1.165, 1.54) is 0 Å². The Hall–Kier alpha value is -1.62. The first-order chi connectivity index (χ1) is 6.19. The van der Waals surface area contributed by atoms with E-state index in [2.05, 4.69) is 6.07 Å². The summed E-state index contributed by atoms with van der Waals surface area (Å²) in [7, 11) is 0. The van der Waals surface area contributed by atoms with Gasteiger partial charge in [-0.15, -0.1) is 0 Å². The van der Waals surface area contributed by atoms with Crippen LogP contribution in [0.25, 0.3) is 0 Å². The third kappa shape index (κ3) is 1.94. The number of hydrogen-bond acceptors (Lipinski definition) is 2. The molecule has 0 aliphatic carbocycles. The predicted molar refractivity (Wildman–Crippen MR) is 50.4 cm³/mol. The molecule has 0 saturated carbocycles. The van der Waals surface area contributed by atoms with Crippen LogP contribution in [0.1, 0.15) is 29.5 Å². The SMILES string of the molecule is Cc1ccc(C#N)cc1C(C)C=O. The van der Waals surface area contributed by atoms with Gasteiger partial charge in [0.15, 0.2) is 0 Å². The summed E-state index contributed by atoms with van der Waals surface area (Å²) in [4.78, 5) is 10.6. The van der Waals surface area contributed by atoms with E-state index in [9.17, 15) is 4.79 Å². The lowest BCUT2D eigenvalue weighted by Gasteiger charge is -2.07. The summed E-state index contributed by atoms with van der Waals surface area (Å²) in [5.41, 5.74) is 2.60. The summed E-state index contributed by atoms with van der Waals surface area (Å²) in [5, 5.41) is 8.67. The molecule has 0 spiro atoms. The van der Waals surface area contributed by atoms with Gasteiger partial charge in [-0.05, 0) is 30.2 Å². The second-order valence-electron chi connectivity index (χ2n) is 3.11. The fourth-order valence-corrected chi connectivity index (χ4v) is 1.27. The van der Waals surface area contributed by atoms with Crippen molar-refractivity contribution >= 4 is 6.29 Å². The first-order valence-electron chi connectivity index (χ1n) is 4.15. The van der Waals surface area contributed by atoms with E-state index < -0.39 is 0 Å². The number of nitrogens with zero attached hydrogens (tertiary/aromatic N) is 1. The van der Waals surface area contributed by atoms with E-state index in [-0.39, 0.29) is 5.92 Å². The highest BCUT2D eigenvalue weighted by atomic mass is 16.1. The molecule has 1 unspecified atom stereocenters. The molecule has 0 aromatic heterocycles. The van der Waals surface area contributed by atoms with Crippen molar-refractivity contribution in [3.05, 3.63) is 34.9 Å². The molecule has 2 nitrogen and oxygen atoms in total. The molecule has 1 aromatic carbocycles. The topological polar surface area (TPSA) is 40.9 Å². The number of carbonyl (C=O) groups excluding carboxylic acids is 1. The molecule has 0 aliphatic rings. The molecule has 13 heavy (non-hydrogen) atoms. The fourth-order valence-electron chi connectivity index (χ4n) is 1.27. The molecule has 1 aromatic rings. The van der Waals surface area contributed by atoms with Gasteiger partial charge in [0.2, 0.25) is 0 Å². The number of rotatable bonds is 2. The van der Waals surface area contributed by atoms with E-state index in [0.29, 0.717) is 5.56 Å². The number of hydrogen-bond donors (Lipinski definition) is 0. The predicted octanol–water partition coefficient (Wildman–Crippen LogP) is 2.17. The van der Waals surface area contributed by atoms with Gasteiger partial charge in [0.1, 0.15) is 6.29 Å². The first kappa shape index (κ1) is 9.47. The Balaban J connectivity index is 3.20. The lowest BCUT2D eigenvalue weighted by molar-refractivity contribution is -0.108. The number of aldehydes is 1. The van der Waals surface area contributed by atoms with Crippen LogP contribution in [0.5, 0.6) is 0 Å². The fraction of sp³-hybridized carbons (Fsp3) is 0.273. The molecule has 0 N–H and O–H groups in total. The third-order valence-corrected chi connectivity index (χ3v) is 2.10.